The zero-order chi connectivity index (χ0) is 10.6. The van der Waals surface area contributed by atoms with Gasteiger partial charge in [-0.2, -0.15) is 0 Å². The van der Waals surface area contributed by atoms with Crippen LogP contribution in [0.15, 0.2) is 18.3 Å². The number of halogens is 2. The van der Waals surface area contributed by atoms with Crippen molar-refractivity contribution in [1.82, 2.24) is 4.98 Å². The van der Waals surface area contributed by atoms with Gasteiger partial charge in [-0.05, 0) is 13.0 Å². The van der Waals surface area contributed by atoms with Crippen LogP contribution in [-0.2, 0) is 0 Å². The lowest BCUT2D eigenvalue weighted by atomic mass is 10.2. The fourth-order valence-electron chi connectivity index (χ4n) is 0.885. The summed E-state index contributed by atoms with van der Waals surface area (Å²) < 4.78 is 4.79. The van der Waals surface area contributed by atoms with Crippen LogP contribution in [0.3, 0.4) is 0 Å². The topological polar surface area (TPSA) is 39.2 Å². The fourth-order valence-corrected chi connectivity index (χ4v) is 1.41. The maximum atomic E-state index is 11.4. The van der Waals surface area contributed by atoms with Crippen LogP contribution in [0.2, 0.25) is 0 Å². The summed E-state index contributed by atoms with van der Waals surface area (Å²) in [5, 5.41) is 0. The average Bonchev–Trinajstić information content (AvgIpc) is 2.18. The van der Waals surface area contributed by atoms with Crippen molar-refractivity contribution in [3.63, 3.8) is 0 Å². The molecule has 1 aromatic rings. The summed E-state index contributed by atoms with van der Waals surface area (Å²) in [6.45, 7) is 2.45. The van der Waals surface area contributed by atoms with E-state index in [4.69, 9.17) is 4.74 Å². The zero-order valence-electron chi connectivity index (χ0n) is 7.54. The fraction of sp³-hybridized carbons (Fsp3) is 0.333. The van der Waals surface area contributed by atoms with Crippen LogP contribution in [0.1, 0.15) is 17.3 Å². The quantitative estimate of drug-likeness (QED) is 0.632. The molecule has 0 atom stereocenters. The molecule has 1 heterocycles. The number of Topliss-reactive ketones (excluding diaryl/α,β-unsaturated/α-hetero) is 1. The Labute approximate surface area is 99.1 Å². The highest BCUT2D eigenvalue weighted by Gasteiger charge is 2.13. The first-order chi connectivity index (χ1) is 6.65. The molecule has 0 saturated carbocycles. The van der Waals surface area contributed by atoms with Crippen molar-refractivity contribution in [2.24, 2.45) is 0 Å². The van der Waals surface area contributed by atoms with Crippen LogP contribution in [0.5, 0.6) is 5.88 Å². The Morgan fingerprint density at radius 1 is 1.57 bits per heavy atom. The van der Waals surface area contributed by atoms with E-state index in [1.807, 2.05) is 6.92 Å². The molecule has 5 heteroatoms. The van der Waals surface area contributed by atoms with E-state index < -0.39 is 0 Å². The average molecular weight is 323 g/mol. The van der Waals surface area contributed by atoms with Gasteiger partial charge in [-0.25, -0.2) is 4.98 Å². The van der Waals surface area contributed by atoms with Crippen LogP contribution in [0, 0.1) is 0 Å². The van der Waals surface area contributed by atoms with Gasteiger partial charge in [0.25, 0.3) is 0 Å². The minimum atomic E-state index is -0.366. The van der Waals surface area contributed by atoms with Crippen molar-refractivity contribution >= 4 is 37.6 Å². The first kappa shape index (κ1) is 11.7. The van der Waals surface area contributed by atoms with Gasteiger partial charge in [0, 0.05) is 17.8 Å². The Kier molecular flexibility index (Phi) is 4.54. The summed E-state index contributed by atoms with van der Waals surface area (Å²) in [6, 6.07) is 3.37. The molecule has 0 fully saturated rings. The molecule has 0 radical (unpaired) electrons. The second-order valence-electron chi connectivity index (χ2n) is 2.48. The smallest absolute Gasteiger partial charge is 0.213 e. The molecule has 0 aliphatic rings. The van der Waals surface area contributed by atoms with Crippen LogP contribution in [0.4, 0.5) is 0 Å². The number of hydrogen-bond donors (Lipinski definition) is 0. The van der Waals surface area contributed by atoms with Gasteiger partial charge < -0.3 is 4.74 Å². The third kappa shape index (κ3) is 3.06. The number of ketones is 1. The molecular formula is C9H9Br2NO2. The molecule has 1 aromatic heterocycles. The van der Waals surface area contributed by atoms with Crippen LogP contribution in [-0.4, -0.2) is 21.1 Å². The second kappa shape index (κ2) is 5.46. The first-order valence-corrected chi connectivity index (χ1v) is 5.89. The maximum absolute atomic E-state index is 11.4. The van der Waals surface area contributed by atoms with Gasteiger partial charge in [0.05, 0.1) is 6.61 Å². The molecule has 1 rings (SSSR count). The molecule has 0 spiro atoms. The standard InChI is InChI=1S/C9H9Br2NO2/c1-2-14-7-4-3-6(5-12-7)8(13)9(10)11/h3-5,9H,2H2,1H3. The molecule has 0 saturated heterocycles. The number of nitrogens with zero attached hydrogens (tertiary/aromatic N) is 1. The summed E-state index contributed by atoms with van der Waals surface area (Å²) in [4.78, 5) is 15.4. The summed E-state index contributed by atoms with van der Waals surface area (Å²) in [6.07, 6.45) is 1.50. The van der Waals surface area contributed by atoms with Gasteiger partial charge in [0.1, 0.15) is 3.74 Å². The Hall–Kier alpha value is -0.420. The van der Waals surface area contributed by atoms with E-state index in [-0.39, 0.29) is 9.52 Å². The minimum absolute atomic E-state index is 0.0550. The van der Waals surface area contributed by atoms with Crippen LogP contribution >= 0.6 is 31.9 Å². The van der Waals surface area contributed by atoms with E-state index in [2.05, 4.69) is 36.8 Å². The van der Waals surface area contributed by atoms with E-state index in [0.29, 0.717) is 18.1 Å². The normalized spacial score (nSPS) is 10.3. The van der Waals surface area contributed by atoms with Crippen molar-refractivity contribution in [3.8, 4) is 5.88 Å². The first-order valence-electron chi connectivity index (χ1n) is 4.06. The minimum Gasteiger partial charge on any atom is -0.478 e. The third-order valence-corrected chi connectivity index (χ3v) is 2.34. The molecule has 0 aliphatic heterocycles. The number of carbonyl (C=O) groups excluding carboxylic acids is 1. The van der Waals surface area contributed by atoms with Crippen molar-refractivity contribution < 1.29 is 9.53 Å². The molecule has 76 valence electrons. The van der Waals surface area contributed by atoms with Crippen molar-refractivity contribution in [2.45, 2.75) is 10.7 Å². The lowest BCUT2D eigenvalue weighted by molar-refractivity contribution is 0.101. The number of rotatable bonds is 4. The highest BCUT2D eigenvalue weighted by molar-refractivity contribution is 9.25. The van der Waals surface area contributed by atoms with E-state index >= 15 is 0 Å². The highest BCUT2D eigenvalue weighted by atomic mass is 79.9. The van der Waals surface area contributed by atoms with Crippen LogP contribution in [0.25, 0.3) is 0 Å². The Morgan fingerprint density at radius 2 is 2.29 bits per heavy atom. The number of aromatic nitrogens is 1. The largest absolute Gasteiger partial charge is 0.478 e. The van der Waals surface area contributed by atoms with E-state index in [1.54, 1.807) is 12.1 Å². The predicted octanol–water partition coefficient (Wildman–Crippen LogP) is 2.78. The lowest BCUT2D eigenvalue weighted by Gasteiger charge is -2.03. The SMILES string of the molecule is CCOc1ccc(C(=O)C(Br)Br)cn1. The number of ether oxygens (including phenoxy) is 1. The van der Waals surface area contributed by atoms with Crippen molar-refractivity contribution in [2.75, 3.05) is 6.61 Å². The Morgan fingerprint density at radius 3 is 2.71 bits per heavy atom. The molecular weight excluding hydrogens is 314 g/mol. The Bertz CT molecular complexity index is 311. The number of pyridine rings is 1. The molecule has 0 amide bonds. The number of carbonyl (C=O) groups is 1. The van der Waals surface area contributed by atoms with Gasteiger partial charge in [-0.15, -0.1) is 0 Å². The molecule has 0 aromatic carbocycles. The van der Waals surface area contributed by atoms with E-state index in [0.717, 1.165) is 0 Å². The summed E-state index contributed by atoms with van der Waals surface area (Å²) in [7, 11) is 0. The summed E-state index contributed by atoms with van der Waals surface area (Å²) in [5.41, 5.74) is 0.548. The van der Waals surface area contributed by atoms with Crippen molar-refractivity contribution in [3.05, 3.63) is 23.9 Å². The number of hydrogen-bond acceptors (Lipinski definition) is 3. The molecule has 3 nitrogen and oxygen atoms in total. The summed E-state index contributed by atoms with van der Waals surface area (Å²) >= 11 is 6.27. The van der Waals surface area contributed by atoms with Gasteiger partial charge >= 0.3 is 0 Å². The molecule has 0 N–H and O–H groups in total. The number of alkyl halides is 2. The molecule has 0 unspecified atom stereocenters. The van der Waals surface area contributed by atoms with Crippen LogP contribution < -0.4 is 4.74 Å². The maximum Gasteiger partial charge on any atom is 0.213 e. The Balaban J connectivity index is 2.78. The van der Waals surface area contributed by atoms with E-state index in [9.17, 15) is 4.79 Å². The zero-order valence-corrected chi connectivity index (χ0v) is 10.7. The van der Waals surface area contributed by atoms with Gasteiger partial charge in [0.2, 0.25) is 5.88 Å². The van der Waals surface area contributed by atoms with Gasteiger partial charge in [-0.1, -0.05) is 31.9 Å². The predicted molar refractivity (Wildman–Crippen MR) is 61.4 cm³/mol. The highest BCUT2D eigenvalue weighted by Crippen LogP contribution is 2.16. The van der Waals surface area contributed by atoms with E-state index in [1.165, 1.54) is 6.20 Å². The monoisotopic (exact) mass is 321 g/mol. The lowest BCUT2D eigenvalue weighted by Crippen LogP contribution is -2.07. The second-order valence-corrected chi connectivity index (χ2v) is 5.54. The van der Waals surface area contributed by atoms with Gasteiger partial charge in [0.15, 0.2) is 5.78 Å². The third-order valence-electron chi connectivity index (χ3n) is 1.51. The molecule has 0 bridgehead atoms. The van der Waals surface area contributed by atoms with Crippen molar-refractivity contribution in [1.29, 1.82) is 0 Å². The summed E-state index contributed by atoms with van der Waals surface area (Å²) in [5.74, 6) is 0.477. The molecule has 14 heavy (non-hydrogen) atoms. The molecule has 0 aliphatic carbocycles. The van der Waals surface area contributed by atoms with Gasteiger partial charge in [-0.3, -0.25) is 4.79 Å².